The van der Waals surface area contributed by atoms with Crippen LogP contribution in [0.4, 0.5) is 0 Å². The van der Waals surface area contributed by atoms with E-state index in [1.165, 1.54) is 6.42 Å². The largest absolute Gasteiger partial charge is 0.378 e. The molecule has 1 unspecified atom stereocenters. The zero-order chi connectivity index (χ0) is 9.24. The van der Waals surface area contributed by atoms with Gasteiger partial charge in [-0.05, 0) is 37.5 Å². The minimum atomic E-state index is -0.812. The van der Waals surface area contributed by atoms with Crippen molar-refractivity contribution in [3.63, 3.8) is 0 Å². The van der Waals surface area contributed by atoms with Crippen LogP contribution in [0.2, 0.25) is 0 Å². The van der Waals surface area contributed by atoms with Crippen LogP contribution in [0.25, 0.3) is 0 Å². The number of rotatable bonds is 0. The molecule has 1 aliphatic rings. The van der Waals surface area contributed by atoms with Gasteiger partial charge in [-0.2, -0.15) is 0 Å². The van der Waals surface area contributed by atoms with Gasteiger partial charge in [-0.1, -0.05) is 19.8 Å². The second-order valence-corrected chi connectivity index (χ2v) is 4.69. The van der Waals surface area contributed by atoms with Crippen LogP contribution >= 0.6 is 0 Å². The van der Waals surface area contributed by atoms with Crippen LogP contribution in [-0.2, 0) is 0 Å². The zero-order valence-corrected chi connectivity index (χ0v) is 8.06. The van der Waals surface area contributed by atoms with E-state index in [-0.39, 0.29) is 0 Å². The van der Waals surface area contributed by atoms with E-state index in [1.54, 1.807) is 0 Å². The highest BCUT2D eigenvalue weighted by Gasteiger charge is 2.31. The van der Waals surface area contributed by atoms with Crippen LogP contribution in [0.1, 0.15) is 46.0 Å². The van der Waals surface area contributed by atoms with Crippen molar-refractivity contribution in [2.75, 3.05) is 0 Å². The van der Waals surface area contributed by atoms with Crippen molar-refractivity contribution in [2.45, 2.75) is 51.6 Å². The number of hydrogen-bond acceptors (Lipinski definition) is 1. The number of aliphatic hydroxyl groups is 1. The van der Waals surface area contributed by atoms with Crippen molar-refractivity contribution in [3.05, 3.63) is 0 Å². The molecular formula is C11H18O. The van der Waals surface area contributed by atoms with Crippen molar-refractivity contribution >= 4 is 0 Å². The normalized spacial score (nSPS) is 35.2. The van der Waals surface area contributed by atoms with Crippen molar-refractivity contribution in [2.24, 2.45) is 5.41 Å². The summed E-state index contributed by atoms with van der Waals surface area (Å²) in [6.07, 6.45) is 10.1. The average molecular weight is 166 g/mol. The van der Waals surface area contributed by atoms with Gasteiger partial charge in [-0.3, -0.25) is 0 Å². The van der Waals surface area contributed by atoms with E-state index in [9.17, 15) is 5.11 Å². The molecule has 1 saturated carbocycles. The molecule has 1 heteroatoms. The highest BCUT2D eigenvalue weighted by atomic mass is 16.3. The van der Waals surface area contributed by atoms with Gasteiger partial charge in [0.05, 0.1) is 0 Å². The van der Waals surface area contributed by atoms with E-state index in [1.807, 2.05) is 0 Å². The first-order chi connectivity index (χ1) is 5.47. The fraction of sp³-hybridized carbons (Fsp3) is 0.818. The standard InChI is InChI=1S/C11H18O/c1-4-11(12)7-5-6-10(2,3)8-9-11/h1,12H,5-9H2,2-3H3. The van der Waals surface area contributed by atoms with Crippen LogP contribution < -0.4 is 0 Å². The van der Waals surface area contributed by atoms with Crippen molar-refractivity contribution in [3.8, 4) is 12.3 Å². The lowest BCUT2D eigenvalue weighted by molar-refractivity contribution is 0.0816. The summed E-state index contributed by atoms with van der Waals surface area (Å²) >= 11 is 0. The van der Waals surface area contributed by atoms with Gasteiger partial charge in [0.15, 0.2) is 0 Å². The molecule has 0 amide bonds. The molecule has 1 atom stereocenters. The van der Waals surface area contributed by atoms with Crippen LogP contribution in [0.5, 0.6) is 0 Å². The van der Waals surface area contributed by atoms with Gasteiger partial charge in [0.1, 0.15) is 5.60 Å². The minimum absolute atomic E-state index is 0.362. The maximum atomic E-state index is 9.86. The van der Waals surface area contributed by atoms with Crippen LogP contribution in [-0.4, -0.2) is 10.7 Å². The van der Waals surface area contributed by atoms with Gasteiger partial charge < -0.3 is 5.11 Å². The Labute approximate surface area is 75.2 Å². The second-order valence-electron chi connectivity index (χ2n) is 4.69. The predicted molar refractivity (Wildman–Crippen MR) is 50.6 cm³/mol. The van der Waals surface area contributed by atoms with E-state index >= 15 is 0 Å². The first kappa shape index (κ1) is 9.61. The molecule has 0 spiro atoms. The Morgan fingerprint density at radius 2 is 1.83 bits per heavy atom. The Morgan fingerprint density at radius 1 is 1.17 bits per heavy atom. The maximum Gasteiger partial charge on any atom is 0.125 e. The Hall–Kier alpha value is -0.480. The number of terminal acetylenes is 1. The monoisotopic (exact) mass is 166 g/mol. The molecule has 68 valence electrons. The third-order valence-electron chi connectivity index (χ3n) is 2.93. The Kier molecular flexibility index (Phi) is 2.49. The summed E-state index contributed by atoms with van der Waals surface area (Å²) in [4.78, 5) is 0. The molecule has 1 N–H and O–H groups in total. The van der Waals surface area contributed by atoms with Crippen molar-refractivity contribution < 1.29 is 5.11 Å². The average Bonchev–Trinajstić information content (AvgIpc) is 2.13. The molecule has 1 nitrogen and oxygen atoms in total. The topological polar surface area (TPSA) is 20.2 Å². The Balaban J connectivity index is 2.63. The van der Waals surface area contributed by atoms with Gasteiger partial charge in [0.25, 0.3) is 0 Å². The highest BCUT2D eigenvalue weighted by molar-refractivity contribution is 5.08. The molecule has 1 fully saturated rings. The van der Waals surface area contributed by atoms with Crippen LogP contribution in [0.15, 0.2) is 0 Å². The third-order valence-corrected chi connectivity index (χ3v) is 2.93. The van der Waals surface area contributed by atoms with Crippen molar-refractivity contribution in [1.29, 1.82) is 0 Å². The van der Waals surface area contributed by atoms with Crippen molar-refractivity contribution in [1.82, 2.24) is 0 Å². The first-order valence-electron chi connectivity index (χ1n) is 4.68. The smallest absolute Gasteiger partial charge is 0.125 e. The molecule has 0 radical (unpaired) electrons. The van der Waals surface area contributed by atoms with Gasteiger partial charge in [-0.15, -0.1) is 6.42 Å². The van der Waals surface area contributed by atoms with E-state index < -0.39 is 5.60 Å². The quantitative estimate of drug-likeness (QED) is 0.432. The molecule has 0 heterocycles. The minimum Gasteiger partial charge on any atom is -0.378 e. The van der Waals surface area contributed by atoms with Gasteiger partial charge in [0, 0.05) is 0 Å². The molecule has 1 rings (SSSR count). The molecule has 0 aromatic rings. The molecule has 0 bridgehead atoms. The van der Waals surface area contributed by atoms with E-state index in [0.29, 0.717) is 5.41 Å². The molecule has 0 aliphatic heterocycles. The Morgan fingerprint density at radius 3 is 2.42 bits per heavy atom. The van der Waals surface area contributed by atoms with E-state index in [4.69, 9.17) is 6.42 Å². The van der Waals surface area contributed by atoms with Gasteiger partial charge in [-0.25, -0.2) is 0 Å². The lowest BCUT2D eigenvalue weighted by Gasteiger charge is -2.23. The lowest BCUT2D eigenvalue weighted by atomic mass is 9.84. The third kappa shape index (κ3) is 2.25. The first-order valence-corrected chi connectivity index (χ1v) is 4.68. The Bertz CT molecular complexity index is 200. The molecule has 0 saturated heterocycles. The summed E-state index contributed by atoms with van der Waals surface area (Å²) in [7, 11) is 0. The summed E-state index contributed by atoms with van der Waals surface area (Å²) in [5.41, 5.74) is -0.449. The summed E-state index contributed by atoms with van der Waals surface area (Å²) in [6.45, 7) is 4.49. The number of hydrogen-bond donors (Lipinski definition) is 1. The molecule has 0 aromatic heterocycles. The lowest BCUT2D eigenvalue weighted by Crippen LogP contribution is -2.25. The molecule has 0 aromatic carbocycles. The molecule has 12 heavy (non-hydrogen) atoms. The fourth-order valence-electron chi connectivity index (χ4n) is 1.80. The summed E-state index contributed by atoms with van der Waals surface area (Å²) in [6, 6.07) is 0. The van der Waals surface area contributed by atoms with Crippen LogP contribution in [0.3, 0.4) is 0 Å². The van der Waals surface area contributed by atoms with E-state index in [2.05, 4.69) is 19.8 Å². The SMILES string of the molecule is C#CC1(O)CCCC(C)(C)CC1. The maximum absolute atomic E-state index is 9.86. The molecule has 1 aliphatic carbocycles. The van der Waals surface area contributed by atoms with Gasteiger partial charge in [0.2, 0.25) is 0 Å². The zero-order valence-electron chi connectivity index (χ0n) is 8.06. The van der Waals surface area contributed by atoms with E-state index in [0.717, 1.165) is 25.7 Å². The second kappa shape index (κ2) is 3.11. The summed E-state index contributed by atoms with van der Waals surface area (Å²) < 4.78 is 0. The summed E-state index contributed by atoms with van der Waals surface area (Å²) in [5, 5.41) is 9.86. The fourth-order valence-corrected chi connectivity index (χ4v) is 1.80. The highest BCUT2D eigenvalue weighted by Crippen LogP contribution is 2.37. The summed E-state index contributed by atoms with van der Waals surface area (Å²) in [5.74, 6) is 2.51. The predicted octanol–water partition coefficient (Wildman–Crippen LogP) is 2.34. The van der Waals surface area contributed by atoms with Crippen LogP contribution in [0, 0.1) is 17.8 Å². The molecular weight excluding hydrogens is 148 g/mol. The van der Waals surface area contributed by atoms with Gasteiger partial charge >= 0.3 is 0 Å².